The molecule has 20 heteroatoms. The van der Waals surface area contributed by atoms with Crippen LogP contribution < -0.4 is 0 Å². The number of hydrogen-bond donors (Lipinski definition) is 1. The zero-order valence-electron chi connectivity index (χ0n) is 16.9. The van der Waals surface area contributed by atoms with Gasteiger partial charge in [-0.3, -0.25) is 12.9 Å². The average Bonchev–Trinajstić information content (AvgIpc) is 2.74. The summed E-state index contributed by atoms with van der Waals surface area (Å²) in [7, 11) is -18.0. The van der Waals surface area contributed by atoms with Gasteiger partial charge in [0, 0.05) is 5.39 Å². The molecule has 2 rings (SSSR count). The standard InChI is InChI=1S/C16H12F8O9S3/c17-13(18)15(21,22)6-32-35(28,29)11-9-4-2-1-3-8(9)5-10(34(25,26)27)12(11)36(30,31)33-7-16(23,24)14(19)20/h1-5,13-14H,6-7H2,(H,25,26,27). The van der Waals surface area contributed by atoms with Crippen LogP contribution in [0.25, 0.3) is 10.8 Å². The van der Waals surface area contributed by atoms with E-state index in [1.165, 1.54) is 0 Å². The number of benzene rings is 2. The minimum atomic E-state index is -6.16. The highest BCUT2D eigenvalue weighted by Gasteiger charge is 2.46. The van der Waals surface area contributed by atoms with Crippen LogP contribution in [0, 0.1) is 0 Å². The average molecular weight is 596 g/mol. The van der Waals surface area contributed by atoms with Gasteiger partial charge in [0.15, 0.2) is 0 Å². The third-order valence-electron chi connectivity index (χ3n) is 4.15. The molecule has 2 aromatic carbocycles. The Balaban J connectivity index is 2.91. The van der Waals surface area contributed by atoms with Crippen molar-refractivity contribution in [1.82, 2.24) is 0 Å². The summed E-state index contributed by atoms with van der Waals surface area (Å²) in [6.45, 7) is -5.25. The SMILES string of the molecule is O=S(=O)(O)c1cc2ccccc2c(S(=O)(=O)OCC(F)(F)C(F)F)c1S(=O)(=O)OCC(F)(F)C(F)F. The maximum atomic E-state index is 13.3. The van der Waals surface area contributed by atoms with Gasteiger partial charge in [0.1, 0.15) is 27.9 Å². The lowest BCUT2D eigenvalue weighted by molar-refractivity contribution is -0.147. The summed E-state index contributed by atoms with van der Waals surface area (Å²) in [5.41, 5.74) is 0. The van der Waals surface area contributed by atoms with Crippen molar-refractivity contribution in [3.05, 3.63) is 30.3 Å². The van der Waals surface area contributed by atoms with Gasteiger partial charge in [-0.05, 0) is 11.5 Å². The Morgan fingerprint density at radius 3 is 1.58 bits per heavy atom. The second-order valence-corrected chi connectivity index (χ2v) is 11.3. The Morgan fingerprint density at radius 1 is 0.750 bits per heavy atom. The van der Waals surface area contributed by atoms with E-state index in [1.54, 1.807) is 0 Å². The number of alkyl halides is 8. The van der Waals surface area contributed by atoms with Crippen LogP contribution in [0.4, 0.5) is 35.1 Å². The fourth-order valence-electron chi connectivity index (χ4n) is 2.50. The first-order valence-electron chi connectivity index (χ1n) is 8.77. The number of halogens is 8. The highest BCUT2D eigenvalue weighted by Crippen LogP contribution is 2.38. The summed E-state index contributed by atoms with van der Waals surface area (Å²) in [6, 6.07) is 4.06. The minimum absolute atomic E-state index is 0.305. The molecule has 0 spiro atoms. The molecule has 0 aliphatic carbocycles. The number of fused-ring (bicyclic) bond motifs is 1. The molecule has 9 nitrogen and oxygen atoms in total. The van der Waals surface area contributed by atoms with Crippen LogP contribution in [0.2, 0.25) is 0 Å². The van der Waals surface area contributed by atoms with Crippen molar-refractivity contribution in [2.24, 2.45) is 0 Å². The van der Waals surface area contributed by atoms with Crippen LogP contribution in [0.15, 0.2) is 45.0 Å². The molecule has 0 fully saturated rings. The molecule has 0 unspecified atom stereocenters. The fraction of sp³-hybridized carbons (Fsp3) is 0.375. The largest absolute Gasteiger partial charge is 0.331 e. The molecule has 0 aliphatic rings. The predicted molar refractivity (Wildman–Crippen MR) is 102 cm³/mol. The lowest BCUT2D eigenvalue weighted by atomic mass is 10.1. The van der Waals surface area contributed by atoms with Crippen LogP contribution >= 0.6 is 0 Å². The van der Waals surface area contributed by atoms with Crippen LogP contribution in [-0.4, -0.2) is 67.7 Å². The van der Waals surface area contributed by atoms with Crippen molar-refractivity contribution in [1.29, 1.82) is 0 Å². The van der Waals surface area contributed by atoms with Gasteiger partial charge < -0.3 is 0 Å². The third-order valence-corrected chi connectivity index (χ3v) is 7.99. The van der Waals surface area contributed by atoms with Crippen molar-refractivity contribution in [3.8, 4) is 0 Å². The van der Waals surface area contributed by atoms with Crippen LogP contribution in [0.3, 0.4) is 0 Å². The van der Waals surface area contributed by atoms with Gasteiger partial charge in [-0.2, -0.15) is 42.8 Å². The van der Waals surface area contributed by atoms with E-state index in [2.05, 4.69) is 8.37 Å². The van der Waals surface area contributed by atoms with E-state index in [1.807, 2.05) is 0 Å². The lowest BCUT2D eigenvalue weighted by Gasteiger charge is -2.20. The Bertz CT molecular complexity index is 1460. The number of rotatable bonds is 11. The molecule has 0 bridgehead atoms. The summed E-state index contributed by atoms with van der Waals surface area (Å²) in [5.74, 6) is -10.3. The molecule has 0 saturated carbocycles. The van der Waals surface area contributed by atoms with Gasteiger partial charge in [0.05, 0.1) is 0 Å². The maximum absolute atomic E-state index is 13.3. The van der Waals surface area contributed by atoms with Crippen molar-refractivity contribution < 1.29 is 73.3 Å². The van der Waals surface area contributed by atoms with Crippen molar-refractivity contribution in [3.63, 3.8) is 0 Å². The first-order chi connectivity index (χ1) is 16.1. The first kappa shape index (κ1) is 30.1. The highest BCUT2D eigenvalue weighted by atomic mass is 32.2. The summed E-state index contributed by atoms with van der Waals surface area (Å²) >= 11 is 0. The molecule has 0 aliphatic heterocycles. The normalized spacial score (nSPS) is 14.2. The monoisotopic (exact) mass is 596 g/mol. The van der Waals surface area contributed by atoms with Crippen LogP contribution in [-0.2, 0) is 38.7 Å². The third kappa shape index (κ3) is 6.40. The van der Waals surface area contributed by atoms with E-state index < -0.39 is 93.7 Å². The quantitative estimate of drug-likeness (QED) is 0.235. The van der Waals surface area contributed by atoms with Crippen LogP contribution in [0.1, 0.15) is 0 Å². The highest BCUT2D eigenvalue weighted by molar-refractivity contribution is 7.91. The minimum Gasteiger partial charge on any atom is -0.282 e. The Morgan fingerprint density at radius 2 is 1.17 bits per heavy atom. The lowest BCUT2D eigenvalue weighted by Crippen LogP contribution is -2.34. The van der Waals surface area contributed by atoms with Gasteiger partial charge in [-0.25, -0.2) is 17.6 Å². The Kier molecular flexibility index (Phi) is 8.33. The zero-order chi connectivity index (χ0) is 27.9. The molecule has 204 valence electrons. The Labute approximate surface area is 197 Å². The van der Waals surface area contributed by atoms with E-state index >= 15 is 0 Å². The van der Waals surface area contributed by atoms with Gasteiger partial charge in [-0.1, -0.05) is 24.3 Å². The van der Waals surface area contributed by atoms with Gasteiger partial charge in [0.25, 0.3) is 30.4 Å². The van der Waals surface area contributed by atoms with E-state index in [-0.39, 0.29) is 0 Å². The second kappa shape index (κ2) is 9.97. The Hall–Kier alpha value is -2.13. The van der Waals surface area contributed by atoms with E-state index in [4.69, 9.17) is 0 Å². The molecule has 0 saturated heterocycles. The zero-order valence-corrected chi connectivity index (χ0v) is 19.4. The molecule has 36 heavy (non-hydrogen) atoms. The van der Waals surface area contributed by atoms with E-state index in [0.29, 0.717) is 6.07 Å². The fourth-order valence-corrected chi connectivity index (χ4v) is 6.71. The smallest absolute Gasteiger partial charge is 0.282 e. The van der Waals surface area contributed by atoms with Gasteiger partial charge >= 0.3 is 24.7 Å². The summed E-state index contributed by atoms with van der Waals surface area (Å²) in [6.07, 6.45) is -8.98. The summed E-state index contributed by atoms with van der Waals surface area (Å²) < 4.78 is 194. The van der Waals surface area contributed by atoms with Gasteiger partial charge in [0.2, 0.25) is 0 Å². The summed E-state index contributed by atoms with van der Waals surface area (Å²) in [5, 5.41) is -1.38. The molecule has 0 heterocycles. The topological polar surface area (TPSA) is 141 Å². The van der Waals surface area contributed by atoms with E-state index in [0.717, 1.165) is 24.3 Å². The molecule has 0 atom stereocenters. The number of hydrogen-bond acceptors (Lipinski definition) is 8. The predicted octanol–water partition coefficient (Wildman–Crippen LogP) is 3.30. The molecule has 0 radical (unpaired) electrons. The summed E-state index contributed by atoms with van der Waals surface area (Å²) in [4.78, 5) is -5.96. The van der Waals surface area contributed by atoms with Crippen LogP contribution in [0.5, 0.6) is 0 Å². The second-order valence-electron chi connectivity index (χ2n) is 6.79. The molecule has 1 N–H and O–H groups in total. The molecule has 0 amide bonds. The molecular formula is C16H12F8O9S3. The van der Waals surface area contributed by atoms with Crippen molar-refractivity contribution in [2.45, 2.75) is 39.4 Å². The first-order valence-corrected chi connectivity index (χ1v) is 13.0. The molecule has 0 aromatic heterocycles. The maximum Gasteiger partial charge on any atom is 0.331 e. The molecular weight excluding hydrogens is 584 g/mol. The van der Waals surface area contributed by atoms with Crippen molar-refractivity contribution in [2.75, 3.05) is 13.2 Å². The van der Waals surface area contributed by atoms with E-state index in [9.17, 15) is 64.9 Å². The van der Waals surface area contributed by atoms with Gasteiger partial charge in [-0.15, -0.1) is 0 Å². The molecule has 2 aromatic rings. The van der Waals surface area contributed by atoms with Crippen molar-refractivity contribution >= 4 is 41.1 Å².